The molecule has 0 bridgehead atoms. The van der Waals surface area contributed by atoms with Gasteiger partial charge in [-0.3, -0.25) is 9.36 Å². The smallest absolute Gasteiger partial charge is 0.338 e. The number of nitrogen functional groups attached to an aromatic ring is 1. The number of benzene rings is 1. The van der Waals surface area contributed by atoms with Crippen LogP contribution in [0.4, 0.5) is 5.82 Å². The van der Waals surface area contributed by atoms with Crippen LogP contribution in [0.25, 0.3) is 11.2 Å². The van der Waals surface area contributed by atoms with Crippen molar-refractivity contribution in [3.05, 3.63) is 47.5 Å². The van der Waals surface area contributed by atoms with E-state index in [1.54, 1.807) is 35.8 Å². The number of esters is 2. The SMILES string of the molecule is C#C[C@]1(COC(=O)c2ccccc2COC(=O)CCCCCCCCCCCCCCC)O[C@@H](n2cnc3c(N)nc(C)nc32)C[C@@H]1O. The summed E-state index contributed by atoms with van der Waals surface area (Å²) in [5.41, 5.74) is 6.00. The second-order valence-corrected chi connectivity index (χ2v) is 12.7. The molecule has 4 rings (SSSR count). The molecule has 11 heteroatoms. The maximum Gasteiger partial charge on any atom is 0.338 e. The fourth-order valence-electron chi connectivity index (χ4n) is 6.10. The summed E-state index contributed by atoms with van der Waals surface area (Å²) in [6.07, 6.45) is 22.0. The number of unbranched alkanes of at least 4 members (excludes halogenated alkanes) is 12. The van der Waals surface area contributed by atoms with Crippen LogP contribution in [0.1, 0.15) is 131 Å². The van der Waals surface area contributed by atoms with E-state index < -0.39 is 30.5 Å². The number of nitrogens with two attached hydrogens (primary N) is 1. The molecule has 1 aliphatic heterocycles. The zero-order valence-electron chi connectivity index (χ0n) is 28.5. The Morgan fingerprint density at radius 3 is 2.33 bits per heavy atom. The van der Waals surface area contributed by atoms with E-state index in [0.29, 0.717) is 29.0 Å². The van der Waals surface area contributed by atoms with E-state index >= 15 is 0 Å². The summed E-state index contributed by atoms with van der Waals surface area (Å²) in [5, 5.41) is 11.0. The van der Waals surface area contributed by atoms with Gasteiger partial charge in [-0.15, -0.1) is 6.42 Å². The van der Waals surface area contributed by atoms with Gasteiger partial charge in [0.2, 0.25) is 0 Å². The highest BCUT2D eigenvalue weighted by atomic mass is 16.6. The minimum Gasteiger partial charge on any atom is -0.461 e. The van der Waals surface area contributed by atoms with Gasteiger partial charge in [0.15, 0.2) is 17.1 Å². The molecule has 0 aliphatic carbocycles. The van der Waals surface area contributed by atoms with Crippen molar-refractivity contribution in [2.45, 2.75) is 135 Å². The van der Waals surface area contributed by atoms with Crippen LogP contribution in [-0.4, -0.2) is 54.9 Å². The van der Waals surface area contributed by atoms with Crippen molar-refractivity contribution in [3.8, 4) is 12.3 Å². The molecule has 2 aromatic heterocycles. The lowest BCUT2D eigenvalue weighted by atomic mass is 9.99. The zero-order valence-corrected chi connectivity index (χ0v) is 28.5. The third kappa shape index (κ3) is 10.0. The van der Waals surface area contributed by atoms with Gasteiger partial charge in [-0.2, -0.15) is 0 Å². The number of nitrogens with zero attached hydrogens (tertiary/aromatic N) is 4. The Bertz CT molecular complexity index is 1530. The van der Waals surface area contributed by atoms with Crippen LogP contribution in [0.3, 0.4) is 0 Å². The molecular formula is C37H51N5O6. The van der Waals surface area contributed by atoms with Gasteiger partial charge in [0, 0.05) is 18.4 Å². The van der Waals surface area contributed by atoms with Crippen LogP contribution in [-0.2, 0) is 25.6 Å². The number of aryl methyl sites for hydroxylation is 1. The second-order valence-electron chi connectivity index (χ2n) is 12.7. The highest BCUT2D eigenvalue weighted by Crippen LogP contribution is 2.38. The normalized spacial score (nSPS) is 19.0. The molecule has 0 unspecified atom stereocenters. The van der Waals surface area contributed by atoms with Crippen LogP contribution in [0.5, 0.6) is 0 Å². The summed E-state index contributed by atoms with van der Waals surface area (Å²) in [7, 11) is 0. The number of aliphatic hydroxyl groups excluding tert-OH is 1. The predicted molar refractivity (Wildman–Crippen MR) is 184 cm³/mol. The lowest BCUT2D eigenvalue weighted by Crippen LogP contribution is -2.43. The van der Waals surface area contributed by atoms with E-state index in [1.807, 2.05) is 0 Å². The Hall–Kier alpha value is -4.01. The molecule has 3 N–H and O–H groups in total. The van der Waals surface area contributed by atoms with Crippen molar-refractivity contribution in [1.82, 2.24) is 19.5 Å². The van der Waals surface area contributed by atoms with Gasteiger partial charge in [0.25, 0.3) is 0 Å². The molecule has 48 heavy (non-hydrogen) atoms. The molecule has 1 aromatic carbocycles. The molecule has 0 amide bonds. The van der Waals surface area contributed by atoms with Crippen LogP contribution in [0.2, 0.25) is 0 Å². The number of carbonyl (C=O) groups excluding carboxylic acids is 2. The predicted octanol–water partition coefficient (Wildman–Crippen LogP) is 6.75. The topological polar surface area (TPSA) is 152 Å². The quantitative estimate of drug-likeness (QED) is 0.0756. The largest absolute Gasteiger partial charge is 0.461 e. The Morgan fingerprint density at radius 2 is 1.67 bits per heavy atom. The minimum absolute atomic E-state index is 0.0534. The van der Waals surface area contributed by atoms with E-state index in [0.717, 1.165) is 19.3 Å². The monoisotopic (exact) mass is 661 g/mol. The first kappa shape index (κ1) is 36.8. The molecule has 1 fully saturated rings. The van der Waals surface area contributed by atoms with E-state index in [4.69, 9.17) is 26.4 Å². The van der Waals surface area contributed by atoms with Crippen molar-refractivity contribution in [2.75, 3.05) is 12.3 Å². The summed E-state index contributed by atoms with van der Waals surface area (Å²) in [6.45, 7) is 3.51. The van der Waals surface area contributed by atoms with Crippen LogP contribution in [0.15, 0.2) is 30.6 Å². The molecule has 1 aliphatic rings. The Kier molecular flexibility index (Phi) is 14.2. The number of aromatic nitrogens is 4. The highest BCUT2D eigenvalue weighted by Gasteiger charge is 2.49. The summed E-state index contributed by atoms with van der Waals surface area (Å²) in [5.74, 6) is 2.22. The van der Waals surface area contributed by atoms with E-state index in [2.05, 4.69) is 27.8 Å². The number of rotatable bonds is 20. The molecule has 3 atom stereocenters. The maximum absolute atomic E-state index is 13.2. The van der Waals surface area contributed by atoms with Gasteiger partial charge in [0.05, 0.1) is 11.9 Å². The number of terminal acetylenes is 1. The molecule has 1 saturated heterocycles. The molecule has 3 aromatic rings. The van der Waals surface area contributed by atoms with Crippen molar-refractivity contribution >= 4 is 28.9 Å². The zero-order chi connectivity index (χ0) is 34.4. The number of carbonyl (C=O) groups is 2. The maximum atomic E-state index is 13.2. The molecular weight excluding hydrogens is 610 g/mol. The average molecular weight is 662 g/mol. The minimum atomic E-state index is -1.60. The van der Waals surface area contributed by atoms with Gasteiger partial charge in [-0.05, 0) is 19.4 Å². The standard InChI is InChI=1S/C37H51N5O6/c1-4-6-7-8-9-10-11-12-13-14-15-16-17-22-32(44)46-24-28-20-18-19-21-29(28)36(45)47-25-37(5-2)30(43)23-31(48-37)42-26-39-33-34(38)40-27(3)41-35(33)42/h2,18-21,26,30-31,43H,4,6-17,22-25H2,1,3H3,(H2,38,40,41)/t30-,31+,37+/m0/s1. The van der Waals surface area contributed by atoms with Gasteiger partial charge < -0.3 is 25.1 Å². The van der Waals surface area contributed by atoms with Gasteiger partial charge in [0.1, 0.15) is 36.9 Å². The first-order valence-corrected chi connectivity index (χ1v) is 17.5. The number of ether oxygens (including phenoxy) is 3. The van der Waals surface area contributed by atoms with Gasteiger partial charge in [-0.1, -0.05) is 108 Å². The second kappa shape index (κ2) is 18.5. The fraction of sp³-hybridized carbons (Fsp3) is 0.595. The summed E-state index contributed by atoms with van der Waals surface area (Å²) >= 11 is 0. The first-order valence-electron chi connectivity index (χ1n) is 17.5. The Morgan fingerprint density at radius 1 is 1.02 bits per heavy atom. The molecule has 0 spiro atoms. The van der Waals surface area contributed by atoms with Crippen molar-refractivity contribution in [2.24, 2.45) is 0 Å². The fourth-order valence-corrected chi connectivity index (χ4v) is 6.10. The first-order chi connectivity index (χ1) is 23.3. The van der Waals surface area contributed by atoms with Crippen molar-refractivity contribution in [1.29, 1.82) is 0 Å². The summed E-state index contributed by atoms with van der Waals surface area (Å²) < 4.78 is 18.8. The van der Waals surface area contributed by atoms with Crippen molar-refractivity contribution < 1.29 is 28.9 Å². The van der Waals surface area contributed by atoms with Crippen molar-refractivity contribution in [3.63, 3.8) is 0 Å². The lowest BCUT2D eigenvalue weighted by molar-refractivity contribution is -0.145. The molecule has 11 nitrogen and oxygen atoms in total. The molecule has 3 heterocycles. The van der Waals surface area contributed by atoms with E-state index in [-0.39, 0.29) is 30.4 Å². The summed E-state index contributed by atoms with van der Waals surface area (Å²) in [6, 6.07) is 6.77. The van der Waals surface area contributed by atoms with Crippen LogP contribution in [0, 0.1) is 19.3 Å². The molecule has 260 valence electrons. The Balaban J connectivity index is 1.19. The van der Waals surface area contributed by atoms with E-state index in [9.17, 15) is 14.7 Å². The summed E-state index contributed by atoms with van der Waals surface area (Å²) in [4.78, 5) is 38.5. The number of hydrogen-bond acceptors (Lipinski definition) is 10. The number of hydrogen-bond donors (Lipinski definition) is 2. The Labute approximate surface area is 284 Å². The number of aliphatic hydroxyl groups is 1. The molecule has 0 saturated carbocycles. The molecule has 0 radical (unpaired) electrons. The van der Waals surface area contributed by atoms with E-state index in [1.165, 1.54) is 70.5 Å². The van der Waals surface area contributed by atoms with Crippen LogP contribution < -0.4 is 5.73 Å². The highest BCUT2D eigenvalue weighted by molar-refractivity contribution is 5.91. The number of anilines is 1. The third-order valence-corrected chi connectivity index (χ3v) is 8.95. The number of fused-ring (bicyclic) bond motifs is 1. The van der Waals surface area contributed by atoms with Crippen LogP contribution >= 0.6 is 0 Å². The number of imidazole rings is 1. The van der Waals surface area contributed by atoms with Gasteiger partial charge in [-0.25, -0.2) is 19.7 Å². The third-order valence-electron chi connectivity index (χ3n) is 8.95. The average Bonchev–Trinajstić information content (AvgIpc) is 3.65. The van der Waals surface area contributed by atoms with Gasteiger partial charge >= 0.3 is 11.9 Å². The lowest BCUT2D eigenvalue weighted by Gasteiger charge is -2.26.